The van der Waals surface area contributed by atoms with Crippen LogP contribution in [0.1, 0.15) is 72.6 Å². The van der Waals surface area contributed by atoms with Crippen LogP contribution in [0.25, 0.3) is 0 Å². The van der Waals surface area contributed by atoms with Crippen LogP contribution in [0.2, 0.25) is 0 Å². The lowest BCUT2D eigenvalue weighted by Gasteiger charge is -2.41. The Balaban J connectivity index is 1.15. The molecule has 0 aromatic heterocycles. The molecule has 6 rings (SSSR count). The Morgan fingerprint density at radius 3 is 2.29 bits per heavy atom. The molecule has 0 radical (unpaired) electrons. The van der Waals surface area contributed by atoms with Crippen LogP contribution < -0.4 is 11.1 Å². The summed E-state index contributed by atoms with van der Waals surface area (Å²) in [7, 11) is 0. The van der Waals surface area contributed by atoms with Crippen LogP contribution in [0, 0.1) is 5.92 Å². The van der Waals surface area contributed by atoms with E-state index in [0.717, 1.165) is 32.8 Å². The van der Waals surface area contributed by atoms with Gasteiger partial charge in [0.1, 0.15) is 0 Å². The fourth-order valence-electron chi connectivity index (χ4n) is 5.40. The summed E-state index contributed by atoms with van der Waals surface area (Å²) in [5.41, 5.74) is 11.0. The van der Waals surface area contributed by atoms with Crippen LogP contribution >= 0.6 is 11.8 Å². The second kappa shape index (κ2) is 13.3. The molecule has 9 nitrogen and oxygen atoms in total. The van der Waals surface area contributed by atoms with Crippen LogP contribution in [0.3, 0.4) is 0 Å². The summed E-state index contributed by atoms with van der Waals surface area (Å²) in [6, 6.07) is 27.5. The molecule has 4 atom stereocenters. The van der Waals surface area contributed by atoms with Crippen molar-refractivity contribution in [2.24, 2.45) is 5.92 Å². The van der Waals surface area contributed by atoms with E-state index in [9.17, 15) is 19.5 Å². The van der Waals surface area contributed by atoms with Gasteiger partial charge in [-0.1, -0.05) is 67.6 Å². The van der Waals surface area contributed by atoms with E-state index in [0.29, 0.717) is 5.75 Å². The molecule has 4 aromatic carbocycles. The summed E-state index contributed by atoms with van der Waals surface area (Å²) in [4.78, 5) is 37.3. The fourth-order valence-corrected chi connectivity index (χ4v) is 6.53. The number of esters is 2. The van der Waals surface area contributed by atoms with Crippen LogP contribution in [0.5, 0.6) is 0 Å². The first kappa shape index (κ1) is 30.5. The van der Waals surface area contributed by atoms with E-state index < -0.39 is 18.2 Å². The highest BCUT2D eigenvalue weighted by molar-refractivity contribution is 7.99. The summed E-state index contributed by atoms with van der Waals surface area (Å²) in [6.45, 7) is 2.34. The minimum atomic E-state index is -0.753. The van der Waals surface area contributed by atoms with Gasteiger partial charge < -0.3 is 30.4 Å². The molecule has 1 amide bonds. The molecule has 1 unspecified atom stereocenters. The second-order valence-electron chi connectivity index (χ2n) is 11.0. The van der Waals surface area contributed by atoms with Gasteiger partial charge in [0.2, 0.25) is 0 Å². The lowest BCUT2D eigenvalue weighted by atomic mass is 9.91. The SMILES string of the molecule is C[C@H]1[C@@H](CSc2ccccc2N)OC(c2ccc(CNC(=O)c3ccc4c(c3)C(=O)OC4=O)cc2)O[C@H]1c1ccc(CO)cc1. The summed E-state index contributed by atoms with van der Waals surface area (Å²) < 4.78 is 17.7. The number of rotatable bonds is 9. The highest BCUT2D eigenvalue weighted by Crippen LogP contribution is 2.43. The maximum absolute atomic E-state index is 12.8. The number of cyclic esters (lactones) is 2. The molecular formula is C35H32N2O7S. The van der Waals surface area contributed by atoms with Crippen molar-refractivity contribution in [2.75, 3.05) is 11.5 Å². The Kier molecular flexibility index (Phi) is 8.99. The van der Waals surface area contributed by atoms with Gasteiger partial charge >= 0.3 is 11.9 Å². The van der Waals surface area contributed by atoms with Gasteiger partial charge in [-0.25, -0.2) is 9.59 Å². The van der Waals surface area contributed by atoms with E-state index in [1.54, 1.807) is 11.8 Å². The quantitative estimate of drug-likeness (QED) is 0.0943. The molecule has 2 heterocycles. The zero-order chi connectivity index (χ0) is 31.5. The molecule has 0 aliphatic carbocycles. The number of anilines is 1. The third-order valence-corrected chi connectivity index (χ3v) is 9.24. The number of amides is 1. The van der Waals surface area contributed by atoms with Gasteiger partial charge in [0.25, 0.3) is 5.91 Å². The standard InChI is InChI=1S/C35H32N2O7S/c1-20-29(19-45-30-5-3-2-4-28(30)36)42-35(43-31(20)23-10-8-22(18-38)9-11-23)24-12-6-21(7-13-24)17-37-32(39)25-14-15-26-27(16-25)34(41)44-33(26)40/h2-16,20,29,31,35,38H,17-19,36H2,1H3,(H,37,39)/t20-,29+,31+,35?/m0/s1. The summed E-state index contributed by atoms with van der Waals surface area (Å²) in [6.07, 6.45) is -1.01. The molecule has 0 spiro atoms. The minimum absolute atomic E-state index is 0.0272. The zero-order valence-corrected chi connectivity index (χ0v) is 25.3. The lowest BCUT2D eigenvalue weighted by molar-refractivity contribution is -0.268. The normalized spacial score (nSPS) is 20.8. The van der Waals surface area contributed by atoms with Gasteiger partial charge in [0, 0.05) is 39.9 Å². The van der Waals surface area contributed by atoms with E-state index in [1.165, 1.54) is 18.2 Å². The first-order valence-corrected chi connectivity index (χ1v) is 15.5. The van der Waals surface area contributed by atoms with Crippen molar-refractivity contribution < 1.29 is 33.7 Å². The molecule has 2 aliphatic rings. The predicted octanol–water partition coefficient (Wildman–Crippen LogP) is 5.59. The summed E-state index contributed by atoms with van der Waals surface area (Å²) in [5.74, 6) is -1.13. The molecule has 10 heteroatoms. The van der Waals surface area contributed by atoms with Gasteiger partial charge in [-0.15, -0.1) is 11.8 Å². The highest BCUT2D eigenvalue weighted by atomic mass is 32.2. The Hall–Kier alpha value is -4.48. The van der Waals surface area contributed by atoms with E-state index in [-0.39, 0.29) is 53.9 Å². The van der Waals surface area contributed by atoms with Gasteiger partial charge in [-0.05, 0) is 47.0 Å². The minimum Gasteiger partial charge on any atom is -0.398 e. The Morgan fingerprint density at radius 1 is 0.867 bits per heavy atom. The first-order chi connectivity index (χ1) is 21.8. The number of carbonyl (C=O) groups excluding carboxylic acids is 3. The van der Waals surface area contributed by atoms with Gasteiger partial charge in [-0.2, -0.15) is 0 Å². The third kappa shape index (κ3) is 6.64. The lowest BCUT2D eigenvalue weighted by Crippen LogP contribution is -2.38. The third-order valence-electron chi connectivity index (χ3n) is 8.06. The van der Waals surface area contributed by atoms with Crippen LogP contribution in [-0.2, 0) is 27.4 Å². The van der Waals surface area contributed by atoms with E-state index in [2.05, 4.69) is 17.0 Å². The van der Waals surface area contributed by atoms with Crippen molar-refractivity contribution in [3.63, 3.8) is 0 Å². The van der Waals surface area contributed by atoms with E-state index >= 15 is 0 Å². The topological polar surface area (TPSA) is 137 Å². The smallest absolute Gasteiger partial charge is 0.346 e. The van der Waals surface area contributed by atoms with Crippen molar-refractivity contribution in [1.82, 2.24) is 5.32 Å². The number of aliphatic hydroxyl groups is 1. The fraction of sp³-hybridized carbons (Fsp3) is 0.229. The van der Waals surface area contributed by atoms with Crippen molar-refractivity contribution in [1.29, 1.82) is 0 Å². The number of para-hydroxylation sites is 1. The summed E-state index contributed by atoms with van der Waals surface area (Å²) in [5, 5.41) is 12.4. The molecule has 0 bridgehead atoms. The zero-order valence-electron chi connectivity index (χ0n) is 24.5. The van der Waals surface area contributed by atoms with Crippen LogP contribution in [0.15, 0.2) is 95.9 Å². The van der Waals surface area contributed by atoms with Crippen LogP contribution in [0.4, 0.5) is 5.69 Å². The number of carbonyl (C=O) groups is 3. The van der Waals surface area contributed by atoms with Crippen molar-refractivity contribution in [2.45, 2.75) is 43.5 Å². The Labute approximate surface area is 264 Å². The number of hydrogen-bond acceptors (Lipinski definition) is 9. The van der Waals surface area contributed by atoms with Gasteiger partial charge in [0.15, 0.2) is 6.29 Å². The molecule has 1 saturated heterocycles. The van der Waals surface area contributed by atoms with Gasteiger partial charge in [-0.3, -0.25) is 4.79 Å². The largest absolute Gasteiger partial charge is 0.398 e. The van der Waals surface area contributed by atoms with E-state index in [1.807, 2.05) is 72.8 Å². The number of fused-ring (bicyclic) bond motifs is 1. The van der Waals surface area contributed by atoms with E-state index in [4.69, 9.17) is 15.2 Å². The van der Waals surface area contributed by atoms with Crippen molar-refractivity contribution in [3.05, 3.63) is 130 Å². The second-order valence-corrected chi connectivity index (χ2v) is 12.1. The van der Waals surface area contributed by atoms with Crippen molar-refractivity contribution >= 4 is 35.3 Å². The number of nitrogens with two attached hydrogens (primary N) is 1. The molecule has 4 N–H and O–H groups in total. The number of ether oxygens (including phenoxy) is 3. The predicted molar refractivity (Wildman–Crippen MR) is 168 cm³/mol. The number of nitrogen functional groups attached to an aromatic ring is 1. The summed E-state index contributed by atoms with van der Waals surface area (Å²) >= 11 is 1.65. The first-order valence-electron chi connectivity index (χ1n) is 14.6. The monoisotopic (exact) mass is 624 g/mol. The molecule has 2 aliphatic heterocycles. The van der Waals surface area contributed by atoms with Gasteiger partial charge in [0.05, 0.1) is 29.9 Å². The molecule has 0 saturated carbocycles. The molecule has 230 valence electrons. The average Bonchev–Trinajstić information content (AvgIpc) is 3.36. The number of benzene rings is 4. The molecule has 45 heavy (non-hydrogen) atoms. The number of nitrogens with one attached hydrogen (secondary N) is 1. The molecule has 1 fully saturated rings. The maximum atomic E-state index is 12.8. The Morgan fingerprint density at radius 2 is 1.56 bits per heavy atom. The van der Waals surface area contributed by atoms with Crippen molar-refractivity contribution in [3.8, 4) is 0 Å². The average molecular weight is 625 g/mol. The number of hydrogen-bond donors (Lipinski definition) is 3. The molecular weight excluding hydrogens is 592 g/mol. The molecule has 4 aromatic rings. The maximum Gasteiger partial charge on any atom is 0.346 e. The van der Waals surface area contributed by atoms with Crippen LogP contribution in [-0.4, -0.2) is 34.8 Å². The number of thioether (sulfide) groups is 1. The Bertz CT molecular complexity index is 1730. The highest BCUT2D eigenvalue weighted by Gasteiger charge is 2.38. The number of aliphatic hydroxyl groups excluding tert-OH is 1.